The fraction of sp³-hybridized carbons (Fsp3) is 0.143. The molecule has 0 unspecified atom stereocenters. The summed E-state index contributed by atoms with van der Waals surface area (Å²) in [6.45, 7) is 0. The Hall–Kier alpha value is -1.10. The van der Waals surface area contributed by atoms with Crippen molar-refractivity contribution in [3.8, 4) is 5.75 Å². The highest BCUT2D eigenvalue weighted by Crippen LogP contribution is 2.26. The molecule has 1 N–H and O–H groups in total. The molecule has 1 rings (SSSR count). The molecule has 12 heavy (non-hydrogen) atoms. The number of aromatic hydroxyl groups is 1. The van der Waals surface area contributed by atoms with Crippen molar-refractivity contribution in [2.75, 3.05) is 7.11 Å². The van der Waals surface area contributed by atoms with Gasteiger partial charge in [-0.3, -0.25) is 4.98 Å². The molecule has 0 saturated heterocycles. The summed E-state index contributed by atoms with van der Waals surface area (Å²) in [4.78, 5) is 14.6. The topological polar surface area (TPSA) is 59.4 Å². The minimum Gasteiger partial charge on any atom is -0.505 e. The largest absolute Gasteiger partial charge is 0.505 e. The van der Waals surface area contributed by atoms with Crippen molar-refractivity contribution in [2.24, 2.45) is 0 Å². The minimum atomic E-state index is -0.537. The molecule has 0 aliphatic carbocycles. The van der Waals surface area contributed by atoms with Crippen LogP contribution in [0.25, 0.3) is 0 Å². The first kappa shape index (κ1) is 8.99. The molecule has 5 heteroatoms. The van der Waals surface area contributed by atoms with Gasteiger partial charge in [-0.25, -0.2) is 4.79 Å². The van der Waals surface area contributed by atoms with E-state index >= 15 is 0 Å². The molecule has 0 radical (unpaired) electrons. The number of carbonyl (C=O) groups is 1. The molecule has 0 aliphatic heterocycles. The molecule has 0 spiro atoms. The Morgan fingerprint density at radius 1 is 1.67 bits per heavy atom. The molecule has 0 atom stereocenters. The lowest BCUT2D eigenvalue weighted by molar-refractivity contribution is 0.0598. The van der Waals surface area contributed by atoms with Crippen LogP contribution in [0.4, 0.5) is 0 Å². The number of rotatable bonds is 1. The number of hydrogen-bond acceptors (Lipinski definition) is 4. The number of esters is 1. The molecular formula is C7H6BrNO3. The maximum absolute atomic E-state index is 11.0. The second-order valence-corrected chi connectivity index (χ2v) is 2.80. The van der Waals surface area contributed by atoms with E-state index in [0.29, 0.717) is 4.47 Å². The van der Waals surface area contributed by atoms with Crippen molar-refractivity contribution in [2.45, 2.75) is 0 Å². The summed E-state index contributed by atoms with van der Waals surface area (Å²) in [5.74, 6) is -0.622. The van der Waals surface area contributed by atoms with Gasteiger partial charge in [-0.15, -0.1) is 0 Å². The van der Waals surface area contributed by atoms with Crippen molar-refractivity contribution in [1.29, 1.82) is 0 Å². The Morgan fingerprint density at radius 2 is 2.33 bits per heavy atom. The molecule has 0 bridgehead atoms. The van der Waals surface area contributed by atoms with Gasteiger partial charge >= 0.3 is 5.97 Å². The molecular weight excluding hydrogens is 226 g/mol. The van der Waals surface area contributed by atoms with Gasteiger partial charge in [0, 0.05) is 6.20 Å². The highest BCUT2D eigenvalue weighted by atomic mass is 79.9. The quantitative estimate of drug-likeness (QED) is 0.742. The lowest BCUT2D eigenvalue weighted by Crippen LogP contribution is -2.02. The van der Waals surface area contributed by atoms with Gasteiger partial charge in [0.2, 0.25) is 0 Å². The van der Waals surface area contributed by atoms with Gasteiger partial charge in [0.25, 0.3) is 0 Å². The van der Waals surface area contributed by atoms with Crippen LogP contribution in [0.5, 0.6) is 5.75 Å². The highest BCUT2D eigenvalue weighted by molar-refractivity contribution is 9.10. The molecule has 1 heterocycles. The molecule has 1 aromatic heterocycles. The lowest BCUT2D eigenvalue weighted by atomic mass is 10.3. The third kappa shape index (κ3) is 1.55. The van der Waals surface area contributed by atoms with Crippen LogP contribution in [0.3, 0.4) is 0 Å². The zero-order valence-corrected chi connectivity index (χ0v) is 7.83. The van der Waals surface area contributed by atoms with Gasteiger partial charge in [-0.2, -0.15) is 0 Å². The Labute approximate surface area is 77.3 Å². The van der Waals surface area contributed by atoms with Crippen LogP contribution in [-0.2, 0) is 4.74 Å². The van der Waals surface area contributed by atoms with Gasteiger partial charge in [0.1, 0.15) is 5.75 Å². The smallest absolute Gasteiger partial charge is 0.340 e. The van der Waals surface area contributed by atoms with Crippen LogP contribution in [0, 0.1) is 0 Å². The fourth-order valence-corrected chi connectivity index (χ4v) is 1.05. The van der Waals surface area contributed by atoms with Crippen molar-refractivity contribution in [3.05, 3.63) is 22.4 Å². The third-order valence-electron chi connectivity index (χ3n) is 1.27. The average molecular weight is 232 g/mol. The van der Waals surface area contributed by atoms with E-state index in [-0.39, 0.29) is 11.3 Å². The highest BCUT2D eigenvalue weighted by Gasteiger charge is 2.12. The lowest BCUT2D eigenvalue weighted by Gasteiger charge is -2.01. The maximum atomic E-state index is 11.0. The van der Waals surface area contributed by atoms with E-state index in [1.807, 2.05) is 0 Å². The maximum Gasteiger partial charge on any atom is 0.340 e. The molecule has 0 saturated carbocycles. The normalized spacial score (nSPS) is 9.50. The van der Waals surface area contributed by atoms with E-state index in [4.69, 9.17) is 5.11 Å². The second-order valence-electron chi connectivity index (χ2n) is 2.01. The Bertz CT molecular complexity index is 314. The number of nitrogens with zero attached hydrogens (tertiary/aromatic N) is 1. The van der Waals surface area contributed by atoms with E-state index in [1.165, 1.54) is 19.5 Å². The number of methoxy groups -OCH3 is 1. The first-order chi connectivity index (χ1) is 5.66. The van der Waals surface area contributed by atoms with Gasteiger partial charge in [0.05, 0.1) is 23.3 Å². The Kier molecular flexibility index (Phi) is 2.65. The summed E-state index contributed by atoms with van der Waals surface area (Å²) in [7, 11) is 1.26. The summed E-state index contributed by atoms with van der Waals surface area (Å²) in [5, 5.41) is 9.13. The molecule has 0 amide bonds. The van der Waals surface area contributed by atoms with E-state index in [2.05, 4.69) is 25.7 Å². The van der Waals surface area contributed by atoms with E-state index in [1.54, 1.807) is 0 Å². The van der Waals surface area contributed by atoms with Crippen molar-refractivity contribution < 1.29 is 14.6 Å². The molecule has 0 aliphatic rings. The summed E-state index contributed by atoms with van der Waals surface area (Å²) < 4.78 is 4.75. The number of pyridine rings is 1. The molecule has 4 nitrogen and oxygen atoms in total. The van der Waals surface area contributed by atoms with Crippen LogP contribution < -0.4 is 0 Å². The SMILES string of the molecule is COC(=O)c1cncc(O)c1Br. The summed E-state index contributed by atoms with van der Waals surface area (Å²) in [6.07, 6.45) is 2.55. The molecule has 1 aromatic rings. The predicted molar refractivity (Wildman–Crippen MR) is 44.9 cm³/mol. The monoisotopic (exact) mass is 231 g/mol. The zero-order valence-electron chi connectivity index (χ0n) is 6.24. The predicted octanol–water partition coefficient (Wildman–Crippen LogP) is 1.34. The summed E-state index contributed by atoms with van der Waals surface area (Å²) in [6, 6.07) is 0. The minimum absolute atomic E-state index is 0.0853. The first-order valence-corrected chi connectivity index (χ1v) is 3.87. The second kappa shape index (κ2) is 3.53. The van der Waals surface area contributed by atoms with Crippen LogP contribution in [0.1, 0.15) is 10.4 Å². The average Bonchev–Trinajstić information content (AvgIpc) is 2.08. The van der Waals surface area contributed by atoms with Gasteiger partial charge in [-0.05, 0) is 15.9 Å². The number of carbonyl (C=O) groups excluding carboxylic acids is 1. The number of ether oxygens (including phenoxy) is 1. The Balaban J connectivity index is 3.16. The van der Waals surface area contributed by atoms with Crippen LogP contribution in [-0.4, -0.2) is 23.2 Å². The molecule has 64 valence electrons. The van der Waals surface area contributed by atoms with Gasteiger partial charge in [-0.1, -0.05) is 0 Å². The molecule has 0 fully saturated rings. The molecule has 0 aromatic carbocycles. The van der Waals surface area contributed by atoms with Crippen LogP contribution in [0.2, 0.25) is 0 Å². The van der Waals surface area contributed by atoms with Crippen molar-refractivity contribution >= 4 is 21.9 Å². The van der Waals surface area contributed by atoms with Crippen molar-refractivity contribution in [1.82, 2.24) is 4.98 Å². The van der Waals surface area contributed by atoms with E-state index < -0.39 is 5.97 Å². The summed E-state index contributed by atoms with van der Waals surface area (Å²) >= 11 is 3.03. The first-order valence-electron chi connectivity index (χ1n) is 3.07. The number of aromatic nitrogens is 1. The number of halogens is 1. The zero-order chi connectivity index (χ0) is 9.14. The fourth-order valence-electron chi connectivity index (χ4n) is 0.686. The standard InChI is InChI=1S/C7H6BrNO3/c1-12-7(11)4-2-9-3-5(10)6(4)8/h2-3,10H,1H3. The number of hydrogen-bond donors (Lipinski definition) is 1. The van der Waals surface area contributed by atoms with Gasteiger partial charge < -0.3 is 9.84 Å². The van der Waals surface area contributed by atoms with E-state index in [0.717, 1.165) is 0 Å². The Morgan fingerprint density at radius 3 is 2.92 bits per heavy atom. The van der Waals surface area contributed by atoms with E-state index in [9.17, 15) is 4.79 Å². The third-order valence-corrected chi connectivity index (χ3v) is 2.10. The van der Waals surface area contributed by atoms with Crippen LogP contribution >= 0.6 is 15.9 Å². The van der Waals surface area contributed by atoms with Crippen molar-refractivity contribution in [3.63, 3.8) is 0 Å². The summed E-state index contributed by atoms with van der Waals surface area (Å²) in [5.41, 5.74) is 0.206. The van der Waals surface area contributed by atoms with Crippen LogP contribution in [0.15, 0.2) is 16.9 Å². The van der Waals surface area contributed by atoms with Gasteiger partial charge in [0.15, 0.2) is 0 Å².